The summed E-state index contributed by atoms with van der Waals surface area (Å²) in [6.07, 6.45) is 0.351. The number of hydrogen-bond acceptors (Lipinski definition) is 5. The van der Waals surface area contributed by atoms with Crippen molar-refractivity contribution >= 4 is 15.9 Å². The SMILES string of the molecule is CCS(=O)(=O)CCCC1(O)CN(C(=O)OC(C)(C)C)C1. The lowest BCUT2D eigenvalue weighted by molar-refractivity contribution is -0.102. The summed E-state index contributed by atoms with van der Waals surface area (Å²) in [4.78, 5) is 13.1. The minimum Gasteiger partial charge on any atom is -0.444 e. The molecule has 0 aliphatic carbocycles. The van der Waals surface area contributed by atoms with Crippen LogP contribution in [0.3, 0.4) is 0 Å². The molecule has 1 saturated heterocycles. The Morgan fingerprint density at radius 1 is 1.35 bits per heavy atom. The van der Waals surface area contributed by atoms with Crippen LogP contribution in [0.25, 0.3) is 0 Å². The molecule has 6 nitrogen and oxygen atoms in total. The zero-order valence-corrected chi connectivity index (χ0v) is 13.5. The average molecular weight is 307 g/mol. The molecular weight excluding hydrogens is 282 g/mol. The first-order valence-corrected chi connectivity index (χ1v) is 8.69. The fourth-order valence-electron chi connectivity index (χ4n) is 2.04. The fourth-order valence-corrected chi connectivity index (χ4v) is 2.92. The van der Waals surface area contributed by atoms with Crippen LogP contribution in [0.2, 0.25) is 0 Å². The Morgan fingerprint density at radius 3 is 2.35 bits per heavy atom. The van der Waals surface area contributed by atoms with E-state index < -0.39 is 27.1 Å². The predicted molar refractivity (Wildman–Crippen MR) is 76.3 cm³/mol. The summed E-state index contributed by atoms with van der Waals surface area (Å²) < 4.78 is 27.9. The van der Waals surface area contributed by atoms with Crippen LogP contribution < -0.4 is 0 Å². The van der Waals surface area contributed by atoms with Crippen molar-refractivity contribution in [3.63, 3.8) is 0 Å². The molecule has 0 saturated carbocycles. The zero-order valence-electron chi connectivity index (χ0n) is 12.7. The molecule has 1 amide bonds. The molecule has 0 spiro atoms. The van der Waals surface area contributed by atoms with Crippen molar-refractivity contribution in [2.24, 2.45) is 0 Å². The van der Waals surface area contributed by atoms with Gasteiger partial charge in [-0.15, -0.1) is 0 Å². The molecule has 0 atom stereocenters. The molecule has 1 aliphatic rings. The Morgan fingerprint density at radius 2 is 1.90 bits per heavy atom. The number of rotatable bonds is 5. The van der Waals surface area contributed by atoms with Gasteiger partial charge in [0.25, 0.3) is 0 Å². The van der Waals surface area contributed by atoms with Gasteiger partial charge in [-0.3, -0.25) is 0 Å². The van der Waals surface area contributed by atoms with Crippen molar-refractivity contribution < 1.29 is 23.1 Å². The van der Waals surface area contributed by atoms with Gasteiger partial charge in [-0.25, -0.2) is 13.2 Å². The summed E-state index contributed by atoms with van der Waals surface area (Å²) >= 11 is 0. The Bertz CT molecular complexity index is 446. The van der Waals surface area contributed by atoms with E-state index in [2.05, 4.69) is 0 Å². The second-order valence-electron chi connectivity index (χ2n) is 6.40. The number of aliphatic hydroxyl groups is 1. The Hall–Kier alpha value is -0.820. The summed E-state index contributed by atoms with van der Waals surface area (Å²) in [5.41, 5.74) is -1.53. The first kappa shape index (κ1) is 17.2. The predicted octanol–water partition coefficient (Wildman–Crippen LogP) is 1.18. The third kappa shape index (κ3) is 5.28. The van der Waals surface area contributed by atoms with Crippen LogP contribution >= 0.6 is 0 Å². The third-order valence-electron chi connectivity index (χ3n) is 3.16. The molecule has 118 valence electrons. The highest BCUT2D eigenvalue weighted by Crippen LogP contribution is 2.27. The number of hydrogen-bond donors (Lipinski definition) is 1. The summed E-state index contributed by atoms with van der Waals surface area (Å²) in [5, 5.41) is 10.2. The topological polar surface area (TPSA) is 83.9 Å². The van der Waals surface area contributed by atoms with E-state index in [1.54, 1.807) is 27.7 Å². The lowest BCUT2D eigenvalue weighted by Gasteiger charge is -2.46. The highest BCUT2D eigenvalue weighted by molar-refractivity contribution is 7.91. The molecule has 1 heterocycles. The molecule has 1 fully saturated rings. The van der Waals surface area contributed by atoms with E-state index in [0.717, 1.165) is 0 Å². The van der Waals surface area contributed by atoms with Gasteiger partial charge in [0.15, 0.2) is 0 Å². The van der Waals surface area contributed by atoms with Gasteiger partial charge in [-0.05, 0) is 33.6 Å². The molecule has 0 aromatic heterocycles. The van der Waals surface area contributed by atoms with E-state index in [-0.39, 0.29) is 24.6 Å². The van der Waals surface area contributed by atoms with E-state index in [1.807, 2.05) is 0 Å². The van der Waals surface area contributed by atoms with Gasteiger partial charge in [0.2, 0.25) is 0 Å². The summed E-state index contributed by atoms with van der Waals surface area (Å²) in [6.45, 7) is 7.37. The molecule has 0 radical (unpaired) electrons. The van der Waals surface area contributed by atoms with Crippen molar-refractivity contribution in [3.05, 3.63) is 0 Å². The summed E-state index contributed by atoms with van der Waals surface area (Å²) in [5.74, 6) is 0.202. The Balaban J connectivity index is 2.33. The second-order valence-corrected chi connectivity index (χ2v) is 8.87. The van der Waals surface area contributed by atoms with Gasteiger partial charge in [0.1, 0.15) is 15.4 Å². The van der Waals surface area contributed by atoms with Gasteiger partial charge >= 0.3 is 6.09 Å². The molecule has 1 N–H and O–H groups in total. The van der Waals surface area contributed by atoms with E-state index in [4.69, 9.17) is 4.74 Å². The van der Waals surface area contributed by atoms with Crippen LogP contribution in [0, 0.1) is 0 Å². The minimum atomic E-state index is -3.00. The smallest absolute Gasteiger partial charge is 0.410 e. The minimum absolute atomic E-state index is 0.0816. The van der Waals surface area contributed by atoms with E-state index >= 15 is 0 Å². The first-order chi connectivity index (χ1) is 8.96. The number of nitrogens with zero attached hydrogens (tertiary/aromatic N) is 1. The quantitative estimate of drug-likeness (QED) is 0.824. The largest absolute Gasteiger partial charge is 0.444 e. The maximum Gasteiger partial charge on any atom is 0.410 e. The maximum absolute atomic E-state index is 11.7. The van der Waals surface area contributed by atoms with Crippen LogP contribution in [-0.2, 0) is 14.6 Å². The number of likely N-dealkylation sites (tertiary alicyclic amines) is 1. The summed E-state index contributed by atoms with van der Waals surface area (Å²) in [6, 6.07) is 0. The monoisotopic (exact) mass is 307 g/mol. The van der Waals surface area contributed by atoms with Crippen LogP contribution in [0.15, 0.2) is 0 Å². The van der Waals surface area contributed by atoms with E-state index in [1.165, 1.54) is 4.90 Å². The fraction of sp³-hybridized carbons (Fsp3) is 0.923. The highest BCUT2D eigenvalue weighted by Gasteiger charge is 2.44. The number of sulfone groups is 1. The number of carbonyl (C=O) groups excluding carboxylic acids is 1. The molecule has 1 rings (SSSR count). The van der Waals surface area contributed by atoms with E-state index in [0.29, 0.717) is 12.8 Å². The normalized spacial score (nSPS) is 18.6. The van der Waals surface area contributed by atoms with Gasteiger partial charge in [0, 0.05) is 5.75 Å². The lowest BCUT2D eigenvalue weighted by atomic mass is 9.90. The molecule has 1 aliphatic heterocycles. The van der Waals surface area contributed by atoms with Crippen molar-refractivity contribution in [2.45, 2.75) is 51.7 Å². The number of carbonyl (C=O) groups is 1. The van der Waals surface area contributed by atoms with E-state index in [9.17, 15) is 18.3 Å². The molecule has 0 aromatic rings. The van der Waals surface area contributed by atoms with Gasteiger partial charge in [-0.2, -0.15) is 0 Å². The molecule has 7 heteroatoms. The molecule has 0 aromatic carbocycles. The van der Waals surface area contributed by atoms with Gasteiger partial charge in [0.05, 0.1) is 24.4 Å². The summed E-state index contributed by atoms with van der Waals surface area (Å²) in [7, 11) is -3.00. The second kappa shape index (κ2) is 5.89. The number of amides is 1. The van der Waals surface area contributed by atoms with Crippen molar-refractivity contribution in [2.75, 3.05) is 24.6 Å². The number of ether oxygens (including phenoxy) is 1. The van der Waals surface area contributed by atoms with Crippen molar-refractivity contribution in [3.8, 4) is 0 Å². The van der Waals surface area contributed by atoms with Gasteiger partial charge in [-0.1, -0.05) is 6.92 Å². The average Bonchev–Trinajstić information content (AvgIpc) is 2.23. The zero-order chi connectivity index (χ0) is 15.6. The number of β-amino-alcohol motifs (C(OH)–C–C–N with tert-alkyl or cyclic N) is 1. The van der Waals surface area contributed by atoms with Gasteiger partial charge < -0.3 is 14.7 Å². The van der Waals surface area contributed by atoms with Crippen LogP contribution in [0.4, 0.5) is 4.79 Å². The maximum atomic E-state index is 11.7. The van der Waals surface area contributed by atoms with Crippen molar-refractivity contribution in [1.82, 2.24) is 4.90 Å². The lowest BCUT2D eigenvalue weighted by Crippen LogP contribution is -2.64. The third-order valence-corrected chi connectivity index (χ3v) is 4.95. The molecular formula is C13H25NO5S. The van der Waals surface area contributed by atoms with Crippen LogP contribution in [0.5, 0.6) is 0 Å². The van der Waals surface area contributed by atoms with Crippen molar-refractivity contribution in [1.29, 1.82) is 0 Å². The highest BCUT2D eigenvalue weighted by atomic mass is 32.2. The van der Waals surface area contributed by atoms with Crippen LogP contribution in [-0.4, -0.2) is 60.3 Å². The molecule has 0 bridgehead atoms. The standard InChI is InChI=1S/C13H25NO5S/c1-5-20(17,18)8-6-7-13(16)9-14(10-13)11(15)19-12(2,3)4/h16H,5-10H2,1-4H3. The molecule has 20 heavy (non-hydrogen) atoms. The van der Waals surface area contributed by atoms with Crippen LogP contribution in [0.1, 0.15) is 40.5 Å². The molecule has 0 unspecified atom stereocenters. The Labute approximate surface area is 121 Å². The Kier molecular flexibility index (Phi) is 5.08. The first-order valence-electron chi connectivity index (χ1n) is 6.87.